The Balaban J connectivity index is 1.63. The number of piperidine rings is 1. The van der Waals surface area contributed by atoms with Gasteiger partial charge in [0.15, 0.2) is 0 Å². The number of hydrogen-bond acceptors (Lipinski definition) is 5. The van der Waals surface area contributed by atoms with E-state index < -0.39 is 5.60 Å². The van der Waals surface area contributed by atoms with Crippen molar-refractivity contribution in [1.82, 2.24) is 15.2 Å². The van der Waals surface area contributed by atoms with Gasteiger partial charge in [-0.2, -0.15) is 0 Å². The Morgan fingerprint density at radius 1 is 1.12 bits per heavy atom. The van der Waals surface area contributed by atoms with Crippen LogP contribution in [-0.4, -0.2) is 47.7 Å². The Kier molecular flexibility index (Phi) is 7.72. The summed E-state index contributed by atoms with van der Waals surface area (Å²) < 4.78 is 10.6. The highest BCUT2D eigenvalue weighted by molar-refractivity contribution is 5.94. The first kappa shape index (κ1) is 23.6. The number of amides is 2. The molecule has 2 heterocycles. The number of ether oxygens (including phenoxy) is 2. The van der Waals surface area contributed by atoms with E-state index in [-0.39, 0.29) is 18.0 Å². The topological polar surface area (TPSA) is 80.8 Å². The number of nitrogens with one attached hydrogen (secondary N) is 1. The van der Waals surface area contributed by atoms with Crippen LogP contribution in [-0.2, 0) is 4.74 Å². The van der Waals surface area contributed by atoms with Gasteiger partial charge in [0.05, 0.1) is 18.7 Å². The minimum atomic E-state index is -0.493. The Hall–Kier alpha value is -3.09. The van der Waals surface area contributed by atoms with Gasteiger partial charge in [-0.15, -0.1) is 0 Å². The van der Waals surface area contributed by atoms with Crippen molar-refractivity contribution in [1.29, 1.82) is 0 Å². The number of aromatic nitrogens is 1. The second-order valence-electron chi connectivity index (χ2n) is 9.17. The van der Waals surface area contributed by atoms with E-state index in [9.17, 15) is 9.59 Å². The maximum absolute atomic E-state index is 12.9. The van der Waals surface area contributed by atoms with Gasteiger partial charge in [0.25, 0.3) is 5.91 Å². The lowest BCUT2D eigenvalue weighted by Gasteiger charge is -2.35. The molecule has 1 unspecified atom stereocenters. The molecule has 0 spiro atoms. The molecule has 3 rings (SSSR count). The second kappa shape index (κ2) is 10.5. The summed E-state index contributed by atoms with van der Waals surface area (Å²) in [6, 6.07) is 13.3. The predicted molar refractivity (Wildman–Crippen MR) is 123 cm³/mol. The van der Waals surface area contributed by atoms with Crippen LogP contribution in [0, 0.1) is 5.92 Å². The monoisotopic (exact) mass is 439 g/mol. The van der Waals surface area contributed by atoms with E-state index in [4.69, 9.17) is 9.47 Å². The Morgan fingerprint density at radius 3 is 2.38 bits per heavy atom. The van der Waals surface area contributed by atoms with Crippen molar-refractivity contribution in [2.75, 3.05) is 20.2 Å². The number of pyridine rings is 1. The number of hydrogen-bond donors (Lipinski definition) is 1. The van der Waals surface area contributed by atoms with Gasteiger partial charge in [-0.3, -0.25) is 4.79 Å². The van der Waals surface area contributed by atoms with Gasteiger partial charge in [-0.25, -0.2) is 9.78 Å². The second-order valence-corrected chi connectivity index (χ2v) is 9.17. The van der Waals surface area contributed by atoms with E-state index in [1.807, 2.05) is 51.1 Å². The van der Waals surface area contributed by atoms with E-state index in [0.29, 0.717) is 30.5 Å². The molecule has 7 nitrogen and oxygen atoms in total. The molecule has 1 aliphatic rings. The minimum Gasteiger partial charge on any atom is -0.481 e. The Bertz CT molecular complexity index is 886. The van der Waals surface area contributed by atoms with E-state index >= 15 is 0 Å². The lowest BCUT2D eigenvalue weighted by molar-refractivity contribution is 0.0178. The van der Waals surface area contributed by atoms with Crippen LogP contribution in [0.3, 0.4) is 0 Å². The fourth-order valence-corrected chi connectivity index (χ4v) is 3.85. The number of benzene rings is 1. The highest BCUT2D eigenvalue weighted by Gasteiger charge is 2.29. The summed E-state index contributed by atoms with van der Waals surface area (Å²) in [6.07, 6.45) is 3.83. The standard InChI is InChI=1S/C25H33N3O4/c1-25(2,3)32-24(30)28-14-12-18(13-15-28)16-21(19-8-6-5-7-9-19)27-23(29)20-10-11-22(31-4)26-17-20/h5-11,17-18,21H,12-16H2,1-4H3,(H,27,29). The molecule has 0 radical (unpaired) electrons. The Labute approximate surface area is 190 Å². The third-order valence-corrected chi connectivity index (χ3v) is 5.55. The first-order valence-electron chi connectivity index (χ1n) is 11.1. The minimum absolute atomic E-state index is 0.121. The number of methoxy groups -OCH3 is 1. The Morgan fingerprint density at radius 2 is 1.81 bits per heavy atom. The molecule has 1 atom stereocenters. The van der Waals surface area contributed by atoms with Crippen LogP contribution < -0.4 is 10.1 Å². The molecule has 32 heavy (non-hydrogen) atoms. The molecule has 1 aromatic carbocycles. The highest BCUT2D eigenvalue weighted by atomic mass is 16.6. The predicted octanol–water partition coefficient (Wildman–Crippen LogP) is 4.60. The third kappa shape index (κ3) is 6.70. The van der Waals surface area contributed by atoms with Gasteiger partial charge >= 0.3 is 6.09 Å². The molecular formula is C25H33N3O4. The molecule has 0 aliphatic carbocycles. The summed E-state index contributed by atoms with van der Waals surface area (Å²) in [4.78, 5) is 31.1. The summed E-state index contributed by atoms with van der Waals surface area (Å²) in [5.74, 6) is 0.700. The van der Waals surface area contributed by atoms with Crippen molar-refractivity contribution in [3.05, 3.63) is 59.8 Å². The lowest BCUT2D eigenvalue weighted by Crippen LogP contribution is -2.42. The van der Waals surface area contributed by atoms with Gasteiger partial charge in [0.2, 0.25) is 5.88 Å². The fraction of sp³-hybridized carbons (Fsp3) is 0.480. The first-order chi connectivity index (χ1) is 15.2. The fourth-order valence-electron chi connectivity index (χ4n) is 3.85. The quantitative estimate of drug-likeness (QED) is 0.712. The van der Waals surface area contributed by atoms with Crippen LogP contribution in [0.15, 0.2) is 48.7 Å². The van der Waals surface area contributed by atoms with Crippen LogP contribution in [0.25, 0.3) is 0 Å². The van der Waals surface area contributed by atoms with Crippen molar-refractivity contribution < 1.29 is 19.1 Å². The van der Waals surface area contributed by atoms with Crippen LogP contribution in [0.5, 0.6) is 5.88 Å². The summed E-state index contributed by atoms with van der Waals surface area (Å²) in [5, 5.41) is 3.17. The molecule has 0 bridgehead atoms. The largest absolute Gasteiger partial charge is 0.481 e. The zero-order valence-corrected chi connectivity index (χ0v) is 19.3. The lowest BCUT2D eigenvalue weighted by atomic mass is 9.87. The summed E-state index contributed by atoms with van der Waals surface area (Å²) in [5.41, 5.74) is 1.07. The molecule has 7 heteroatoms. The molecule has 2 amide bonds. The van der Waals surface area contributed by atoms with Crippen molar-refractivity contribution in [2.24, 2.45) is 5.92 Å². The number of nitrogens with zero attached hydrogens (tertiary/aromatic N) is 2. The number of likely N-dealkylation sites (tertiary alicyclic amines) is 1. The molecule has 172 valence electrons. The van der Waals surface area contributed by atoms with Crippen molar-refractivity contribution in [3.63, 3.8) is 0 Å². The smallest absolute Gasteiger partial charge is 0.410 e. The van der Waals surface area contributed by atoms with Gasteiger partial charge in [0, 0.05) is 25.4 Å². The average molecular weight is 440 g/mol. The number of rotatable bonds is 6. The van der Waals surface area contributed by atoms with E-state index in [1.165, 1.54) is 6.20 Å². The normalized spacial score (nSPS) is 15.7. The molecule has 1 aromatic heterocycles. The van der Waals surface area contributed by atoms with Crippen molar-refractivity contribution in [3.8, 4) is 5.88 Å². The molecule has 0 saturated carbocycles. The van der Waals surface area contributed by atoms with Gasteiger partial charge in [-0.05, 0) is 57.6 Å². The van der Waals surface area contributed by atoms with Crippen molar-refractivity contribution >= 4 is 12.0 Å². The SMILES string of the molecule is COc1ccc(C(=O)NC(CC2CCN(C(=O)OC(C)(C)C)CC2)c2ccccc2)cn1. The molecule has 2 aromatic rings. The summed E-state index contributed by atoms with van der Waals surface area (Å²) >= 11 is 0. The van der Waals surface area contributed by atoms with Gasteiger partial charge in [0.1, 0.15) is 5.60 Å². The van der Waals surface area contributed by atoms with Crippen LogP contribution in [0.1, 0.15) is 62.0 Å². The van der Waals surface area contributed by atoms with Gasteiger partial charge in [-0.1, -0.05) is 30.3 Å². The maximum atomic E-state index is 12.9. The van der Waals surface area contributed by atoms with Crippen molar-refractivity contribution in [2.45, 2.75) is 51.7 Å². The van der Waals surface area contributed by atoms with E-state index in [1.54, 1.807) is 24.1 Å². The molecule has 1 fully saturated rings. The molecule has 1 saturated heterocycles. The zero-order chi connectivity index (χ0) is 23.1. The zero-order valence-electron chi connectivity index (χ0n) is 19.3. The average Bonchev–Trinajstić information content (AvgIpc) is 2.78. The number of carbonyl (C=O) groups excluding carboxylic acids is 2. The van der Waals surface area contributed by atoms with E-state index in [0.717, 1.165) is 24.8 Å². The summed E-state index contributed by atoms with van der Waals surface area (Å²) in [7, 11) is 1.54. The highest BCUT2D eigenvalue weighted by Crippen LogP contribution is 2.29. The van der Waals surface area contributed by atoms with Gasteiger partial charge < -0.3 is 19.7 Å². The number of carbonyl (C=O) groups is 2. The third-order valence-electron chi connectivity index (χ3n) is 5.55. The van der Waals surface area contributed by atoms with Crippen LogP contribution in [0.4, 0.5) is 4.79 Å². The molecule has 1 aliphatic heterocycles. The first-order valence-corrected chi connectivity index (χ1v) is 11.1. The van der Waals surface area contributed by atoms with Crippen LogP contribution >= 0.6 is 0 Å². The van der Waals surface area contributed by atoms with Crippen LogP contribution in [0.2, 0.25) is 0 Å². The molecule has 1 N–H and O–H groups in total. The van der Waals surface area contributed by atoms with E-state index in [2.05, 4.69) is 10.3 Å². The maximum Gasteiger partial charge on any atom is 0.410 e. The molecular weight excluding hydrogens is 406 g/mol. The summed E-state index contributed by atoms with van der Waals surface area (Å²) in [6.45, 7) is 6.96.